The van der Waals surface area contributed by atoms with Crippen molar-refractivity contribution in [3.8, 4) is 0 Å². The van der Waals surface area contributed by atoms with Crippen LogP contribution in [-0.2, 0) is 9.53 Å². The first kappa shape index (κ1) is 21.9. The molecule has 7 heteroatoms. The Labute approximate surface area is 166 Å². The predicted molar refractivity (Wildman–Crippen MR) is 103 cm³/mol. The Kier molecular flexibility index (Phi) is 9.11. The van der Waals surface area contributed by atoms with Gasteiger partial charge < -0.3 is 4.74 Å². The summed E-state index contributed by atoms with van der Waals surface area (Å²) in [6.07, 6.45) is 8.63. The number of carbonyl (C=O) groups excluding carboxylic acids is 1. The van der Waals surface area contributed by atoms with E-state index < -0.39 is 17.0 Å². The zero-order chi connectivity index (χ0) is 19.1. The highest BCUT2D eigenvalue weighted by Crippen LogP contribution is 2.45. The minimum Gasteiger partial charge on any atom is -0.367 e. The lowest BCUT2D eigenvalue weighted by Gasteiger charge is -2.47. The third kappa shape index (κ3) is 6.07. The molecule has 26 heavy (non-hydrogen) atoms. The maximum Gasteiger partial charge on any atom is 0.213 e. The van der Waals surface area contributed by atoms with Crippen LogP contribution >= 0.6 is 23.2 Å². The molecule has 1 saturated carbocycles. The minimum absolute atomic E-state index is 0.0108. The molecule has 0 N–H and O–H groups in total. The molecule has 5 nitrogen and oxygen atoms in total. The molecular weight excluding hydrogens is 377 g/mol. The highest BCUT2D eigenvalue weighted by Gasteiger charge is 2.47. The first-order valence-corrected chi connectivity index (χ1v) is 10.9. The first-order chi connectivity index (χ1) is 12.4. The fraction of sp³-hybridized carbons (Fsp3) is 0.947. The van der Waals surface area contributed by atoms with Crippen LogP contribution in [-0.4, -0.2) is 33.8 Å². The van der Waals surface area contributed by atoms with Crippen molar-refractivity contribution in [2.24, 2.45) is 11.8 Å². The second-order valence-electron chi connectivity index (χ2n) is 7.81. The van der Waals surface area contributed by atoms with Crippen LogP contribution in [0.4, 0.5) is 0 Å². The summed E-state index contributed by atoms with van der Waals surface area (Å²) in [4.78, 5) is 23.2. The highest BCUT2D eigenvalue weighted by molar-refractivity contribution is 6.44. The van der Waals surface area contributed by atoms with Crippen molar-refractivity contribution in [3.05, 3.63) is 10.1 Å². The number of ketones is 1. The van der Waals surface area contributed by atoms with Gasteiger partial charge in [-0.25, -0.2) is 0 Å². The van der Waals surface area contributed by atoms with Crippen LogP contribution in [0.3, 0.4) is 0 Å². The van der Waals surface area contributed by atoms with Gasteiger partial charge in [-0.05, 0) is 31.6 Å². The standard InChI is InChI=1S/C19H31Cl2NO4/c1-2-3-4-5-6-7-14(22(24)25)9-10-16(23)18-13-8-11-17(26-18)15(12-13)19(20)21/h13-15,17-19H,2-12H2,1H3. The van der Waals surface area contributed by atoms with E-state index >= 15 is 0 Å². The summed E-state index contributed by atoms with van der Waals surface area (Å²) in [5.41, 5.74) is 0. The SMILES string of the molecule is CCCCCCCC(CCC(=O)C1OC2CCC1CC2C(Cl)Cl)[N+](=O)[O-]. The summed E-state index contributed by atoms with van der Waals surface area (Å²) in [5.74, 6) is 0.257. The normalized spacial score (nSPS) is 29.1. The Morgan fingerprint density at radius 1 is 1.19 bits per heavy atom. The van der Waals surface area contributed by atoms with Crippen molar-refractivity contribution in [3.63, 3.8) is 0 Å². The average molecular weight is 408 g/mol. The van der Waals surface area contributed by atoms with E-state index in [0.29, 0.717) is 12.8 Å². The lowest BCUT2D eigenvalue weighted by Crippen LogP contribution is -2.51. The monoisotopic (exact) mass is 407 g/mol. The number of halogens is 2. The third-order valence-corrected chi connectivity index (χ3v) is 6.58. The first-order valence-electron chi connectivity index (χ1n) is 10.0. The summed E-state index contributed by atoms with van der Waals surface area (Å²) < 4.78 is 5.95. The van der Waals surface area contributed by atoms with E-state index in [2.05, 4.69) is 6.92 Å². The fourth-order valence-electron chi connectivity index (χ4n) is 4.35. The van der Waals surface area contributed by atoms with Crippen molar-refractivity contribution in [2.45, 2.75) is 101 Å². The van der Waals surface area contributed by atoms with Gasteiger partial charge in [0.15, 0.2) is 5.78 Å². The second-order valence-corrected chi connectivity index (χ2v) is 8.98. The topological polar surface area (TPSA) is 69.4 Å². The van der Waals surface area contributed by atoms with Crippen LogP contribution in [0.25, 0.3) is 0 Å². The third-order valence-electron chi connectivity index (χ3n) is 5.93. The van der Waals surface area contributed by atoms with Crippen LogP contribution in [0.2, 0.25) is 0 Å². The molecule has 3 rings (SSSR count). The molecule has 5 unspecified atom stereocenters. The smallest absolute Gasteiger partial charge is 0.213 e. The average Bonchev–Trinajstić information content (AvgIpc) is 2.63. The zero-order valence-electron chi connectivity index (χ0n) is 15.6. The number of alkyl halides is 2. The van der Waals surface area contributed by atoms with E-state index in [1.807, 2.05) is 0 Å². The van der Waals surface area contributed by atoms with Gasteiger partial charge in [0.2, 0.25) is 6.04 Å². The number of hydrogen-bond donors (Lipinski definition) is 0. The Hall–Kier alpha value is -0.390. The molecule has 2 saturated heterocycles. The number of unbranched alkanes of at least 4 members (excludes halogenated alkanes) is 4. The molecule has 150 valence electrons. The molecule has 5 atom stereocenters. The second kappa shape index (κ2) is 10.8. The molecule has 0 aromatic heterocycles. The fourth-order valence-corrected chi connectivity index (χ4v) is 4.88. The number of nitro groups is 1. The van der Waals surface area contributed by atoms with E-state index in [0.717, 1.165) is 44.9 Å². The van der Waals surface area contributed by atoms with Gasteiger partial charge in [-0.2, -0.15) is 0 Å². The Morgan fingerprint density at radius 3 is 2.50 bits per heavy atom. The molecule has 3 aliphatic rings. The number of nitrogens with zero attached hydrogens (tertiary/aromatic N) is 1. The Bertz CT molecular complexity index is 474. The van der Waals surface area contributed by atoms with Gasteiger partial charge in [-0.15, -0.1) is 23.2 Å². The summed E-state index contributed by atoms with van der Waals surface area (Å²) in [7, 11) is 0. The molecule has 2 heterocycles. The molecule has 0 aromatic carbocycles. The van der Waals surface area contributed by atoms with Crippen LogP contribution in [0, 0.1) is 22.0 Å². The van der Waals surface area contributed by atoms with E-state index in [1.54, 1.807) is 0 Å². The molecule has 0 amide bonds. The zero-order valence-corrected chi connectivity index (χ0v) is 17.1. The molecule has 0 aromatic rings. The number of rotatable bonds is 12. The van der Waals surface area contributed by atoms with Crippen molar-refractivity contribution in [2.75, 3.05) is 0 Å². The van der Waals surface area contributed by atoms with Crippen LogP contribution in [0.15, 0.2) is 0 Å². The Morgan fingerprint density at radius 2 is 1.92 bits per heavy atom. The number of hydrogen-bond acceptors (Lipinski definition) is 4. The number of Topliss-reactive ketones (excluding diaryl/α,β-unsaturated/α-hetero) is 1. The summed E-state index contributed by atoms with van der Waals surface area (Å²) in [6, 6.07) is -0.621. The molecule has 3 fully saturated rings. The van der Waals surface area contributed by atoms with E-state index in [1.165, 1.54) is 6.42 Å². The van der Waals surface area contributed by atoms with Crippen molar-refractivity contribution in [1.82, 2.24) is 0 Å². The van der Waals surface area contributed by atoms with Crippen molar-refractivity contribution >= 4 is 29.0 Å². The van der Waals surface area contributed by atoms with Gasteiger partial charge in [0.1, 0.15) is 10.9 Å². The molecule has 0 radical (unpaired) electrons. The van der Waals surface area contributed by atoms with Gasteiger partial charge in [0, 0.05) is 30.1 Å². The predicted octanol–water partition coefficient (Wildman–Crippen LogP) is 5.33. The summed E-state index contributed by atoms with van der Waals surface area (Å²) in [6.45, 7) is 2.15. The molecule has 1 aliphatic carbocycles. The highest BCUT2D eigenvalue weighted by atomic mass is 35.5. The molecule has 0 spiro atoms. The van der Waals surface area contributed by atoms with E-state index in [-0.39, 0.29) is 35.1 Å². The van der Waals surface area contributed by atoms with Crippen LogP contribution in [0.1, 0.15) is 77.6 Å². The van der Waals surface area contributed by atoms with Gasteiger partial charge in [0.05, 0.1) is 6.10 Å². The molecule has 2 bridgehead atoms. The number of fused-ring (bicyclic) bond motifs is 3. The summed E-state index contributed by atoms with van der Waals surface area (Å²) in [5, 5.41) is 11.3. The maximum absolute atomic E-state index is 12.6. The van der Waals surface area contributed by atoms with E-state index in [9.17, 15) is 14.9 Å². The number of ether oxygens (including phenoxy) is 1. The Balaban J connectivity index is 1.77. The van der Waals surface area contributed by atoms with Gasteiger partial charge in [-0.1, -0.05) is 32.6 Å². The van der Waals surface area contributed by atoms with Crippen LogP contribution < -0.4 is 0 Å². The molecular formula is C19H31Cl2NO4. The lowest BCUT2D eigenvalue weighted by molar-refractivity contribution is -0.524. The van der Waals surface area contributed by atoms with Gasteiger partial charge in [0.25, 0.3) is 0 Å². The van der Waals surface area contributed by atoms with Crippen molar-refractivity contribution < 1.29 is 14.5 Å². The van der Waals surface area contributed by atoms with Crippen LogP contribution in [0.5, 0.6) is 0 Å². The maximum atomic E-state index is 12.6. The summed E-state index contributed by atoms with van der Waals surface area (Å²) >= 11 is 12.0. The minimum atomic E-state index is -0.621. The van der Waals surface area contributed by atoms with Crippen molar-refractivity contribution in [1.29, 1.82) is 0 Å². The molecule has 2 aliphatic heterocycles. The quantitative estimate of drug-likeness (QED) is 0.189. The van der Waals surface area contributed by atoms with Gasteiger partial charge in [-0.3, -0.25) is 14.9 Å². The lowest BCUT2D eigenvalue weighted by atomic mass is 9.73. The van der Waals surface area contributed by atoms with E-state index in [4.69, 9.17) is 27.9 Å². The van der Waals surface area contributed by atoms with Gasteiger partial charge >= 0.3 is 0 Å². The largest absolute Gasteiger partial charge is 0.367 e. The number of carbonyl (C=O) groups is 1.